The highest BCUT2D eigenvalue weighted by Crippen LogP contribution is 2.11. The molecule has 0 aliphatic heterocycles. The average Bonchev–Trinajstić information content (AvgIpc) is 2.78. The maximum atomic E-state index is 11.1. The van der Waals surface area contributed by atoms with E-state index >= 15 is 0 Å². The number of ether oxygens (including phenoxy) is 1. The van der Waals surface area contributed by atoms with E-state index in [9.17, 15) is 4.79 Å². The van der Waals surface area contributed by atoms with Crippen LogP contribution in [0.3, 0.4) is 0 Å². The van der Waals surface area contributed by atoms with Crippen molar-refractivity contribution in [2.75, 3.05) is 6.61 Å². The van der Waals surface area contributed by atoms with E-state index in [1.807, 2.05) is 0 Å². The molecule has 0 fully saturated rings. The summed E-state index contributed by atoms with van der Waals surface area (Å²) >= 11 is 0. The van der Waals surface area contributed by atoms with Crippen LogP contribution in [0.15, 0.2) is 24.5 Å². The molecule has 0 bridgehead atoms. The van der Waals surface area contributed by atoms with Crippen molar-refractivity contribution < 1.29 is 19.3 Å². The molecule has 0 saturated heterocycles. The van der Waals surface area contributed by atoms with Crippen LogP contribution in [-0.2, 0) is 21.1 Å². The number of carbonyl (C=O) groups excluding carboxylic acids is 1. The van der Waals surface area contributed by atoms with Crippen LogP contribution in [0.2, 0.25) is 25.7 Å². The second-order valence-electron chi connectivity index (χ2n) is 5.80. The minimum absolute atomic E-state index is 0.270. The van der Waals surface area contributed by atoms with Gasteiger partial charge in [-0.25, -0.2) is 14.4 Å². The van der Waals surface area contributed by atoms with Gasteiger partial charge < -0.3 is 4.74 Å². The molecule has 0 atom stereocenters. The Balaban J connectivity index is 2.29. The van der Waals surface area contributed by atoms with E-state index < -0.39 is 14.0 Å². The summed E-state index contributed by atoms with van der Waals surface area (Å²) in [5.41, 5.74) is 0.270. The highest BCUT2D eigenvalue weighted by Gasteiger charge is 2.12. The molecule has 20 heavy (non-hydrogen) atoms. The Labute approximate surface area is 120 Å². The Morgan fingerprint density at radius 2 is 2.15 bits per heavy atom. The van der Waals surface area contributed by atoms with Crippen molar-refractivity contribution in [1.29, 1.82) is 0 Å². The number of carbonyl (C=O) groups is 1. The Morgan fingerprint density at radius 3 is 2.75 bits per heavy atom. The van der Waals surface area contributed by atoms with Crippen molar-refractivity contribution in [3.8, 4) is 5.75 Å². The lowest BCUT2D eigenvalue weighted by atomic mass is 10.4. The van der Waals surface area contributed by atoms with Crippen LogP contribution in [-0.4, -0.2) is 30.4 Å². The van der Waals surface area contributed by atoms with Crippen molar-refractivity contribution in [1.82, 2.24) is 9.78 Å². The van der Waals surface area contributed by atoms with Gasteiger partial charge in [-0.2, -0.15) is 5.10 Å². The second-order valence-corrected chi connectivity index (χ2v) is 11.4. The number of aromatic nitrogens is 2. The van der Waals surface area contributed by atoms with E-state index in [-0.39, 0.29) is 5.57 Å². The Bertz CT molecular complexity index is 465. The van der Waals surface area contributed by atoms with Crippen LogP contribution < -0.4 is 4.89 Å². The summed E-state index contributed by atoms with van der Waals surface area (Å²) in [7, 11) is -1.07. The van der Waals surface area contributed by atoms with Gasteiger partial charge in [0.25, 0.3) is 0 Å². The molecule has 0 aliphatic carbocycles. The predicted octanol–water partition coefficient (Wildman–Crippen LogP) is 2.61. The van der Waals surface area contributed by atoms with Crippen LogP contribution in [0, 0.1) is 0 Å². The highest BCUT2D eigenvalue weighted by molar-refractivity contribution is 6.76. The number of hydrogen-bond donors (Lipinski definition) is 0. The summed E-state index contributed by atoms with van der Waals surface area (Å²) in [4.78, 5) is 20.5. The van der Waals surface area contributed by atoms with E-state index in [0.717, 1.165) is 12.7 Å². The maximum Gasteiger partial charge on any atom is 0.381 e. The zero-order valence-electron chi connectivity index (χ0n) is 12.5. The van der Waals surface area contributed by atoms with Crippen molar-refractivity contribution in [3.05, 3.63) is 24.5 Å². The minimum atomic E-state index is -1.07. The van der Waals surface area contributed by atoms with E-state index in [1.165, 1.54) is 6.20 Å². The maximum absolute atomic E-state index is 11.1. The normalized spacial score (nSPS) is 11.2. The fourth-order valence-electron chi connectivity index (χ4n) is 1.15. The van der Waals surface area contributed by atoms with E-state index in [0.29, 0.717) is 12.5 Å². The lowest BCUT2D eigenvalue weighted by Crippen LogP contribution is -2.22. The Hall–Kier alpha value is -1.60. The molecule has 112 valence electrons. The molecule has 0 aliphatic rings. The summed E-state index contributed by atoms with van der Waals surface area (Å²) < 4.78 is 7.11. The first-order chi connectivity index (χ1) is 9.28. The van der Waals surface area contributed by atoms with Gasteiger partial charge in [0, 0.05) is 20.3 Å². The van der Waals surface area contributed by atoms with Gasteiger partial charge in [-0.1, -0.05) is 26.2 Å². The number of hydrogen-bond acceptors (Lipinski definition) is 5. The largest absolute Gasteiger partial charge is 0.381 e. The summed E-state index contributed by atoms with van der Waals surface area (Å²) in [5.74, 6) is -0.266. The van der Waals surface area contributed by atoms with Crippen LogP contribution in [0.4, 0.5) is 0 Å². The van der Waals surface area contributed by atoms with E-state index in [1.54, 1.807) is 17.8 Å². The van der Waals surface area contributed by atoms with Gasteiger partial charge in [-0.3, -0.25) is 4.89 Å². The summed E-state index contributed by atoms with van der Waals surface area (Å²) in [5, 5.41) is 4.04. The summed E-state index contributed by atoms with van der Waals surface area (Å²) in [6.45, 7) is 13.0. The van der Waals surface area contributed by atoms with Crippen LogP contribution in [0.1, 0.15) is 6.92 Å². The van der Waals surface area contributed by atoms with Gasteiger partial charge in [-0.05, 0) is 13.0 Å². The Morgan fingerprint density at radius 1 is 1.45 bits per heavy atom. The third kappa shape index (κ3) is 6.53. The Kier molecular flexibility index (Phi) is 5.96. The van der Waals surface area contributed by atoms with Gasteiger partial charge in [0.2, 0.25) is 5.75 Å². The fourth-order valence-corrected chi connectivity index (χ4v) is 1.91. The third-order valence-electron chi connectivity index (χ3n) is 2.39. The van der Waals surface area contributed by atoms with E-state index in [4.69, 9.17) is 9.62 Å². The fraction of sp³-hybridized carbons (Fsp3) is 0.538. The predicted molar refractivity (Wildman–Crippen MR) is 77.9 cm³/mol. The van der Waals surface area contributed by atoms with Gasteiger partial charge in [-0.15, -0.1) is 0 Å². The quantitative estimate of drug-likeness (QED) is 0.243. The third-order valence-corrected chi connectivity index (χ3v) is 4.10. The molecule has 7 heteroatoms. The molecule has 0 amide bonds. The molecule has 6 nitrogen and oxygen atoms in total. The number of rotatable bonds is 8. The SMILES string of the molecule is C=C(C)C(=O)OOc1cnn(COCC[Si](C)(C)C)c1. The standard InChI is InChI=1S/C13H22N2O4Si/c1-11(2)13(16)19-18-12-8-14-15(9-12)10-17-6-7-20(3,4)5/h8-9H,1,6-7,10H2,2-5H3. The average molecular weight is 298 g/mol. The molecule has 1 heterocycles. The smallest absolute Gasteiger partial charge is 0.360 e. The molecule has 0 unspecified atom stereocenters. The van der Waals surface area contributed by atoms with Crippen LogP contribution in [0.5, 0.6) is 5.75 Å². The first-order valence-corrected chi connectivity index (χ1v) is 10.1. The lowest BCUT2D eigenvalue weighted by molar-refractivity contribution is -0.208. The molecule has 0 spiro atoms. The van der Waals surface area contributed by atoms with Crippen molar-refractivity contribution >= 4 is 14.0 Å². The summed E-state index contributed by atoms with van der Waals surface area (Å²) in [6.07, 6.45) is 3.05. The van der Waals surface area contributed by atoms with Crippen LogP contribution in [0.25, 0.3) is 0 Å². The summed E-state index contributed by atoms with van der Waals surface area (Å²) in [6, 6.07) is 1.11. The molecule has 1 aromatic rings. The first kappa shape index (κ1) is 16.5. The van der Waals surface area contributed by atoms with Crippen molar-refractivity contribution in [2.45, 2.75) is 39.3 Å². The van der Waals surface area contributed by atoms with Gasteiger partial charge in [0.15, 0.2) is 0 Å². The second kappa shape index (κ2) is 7.25. The molecule has 1 rings (SSSR count). The van der Waals surface area contributed by atoms with Gasteiger partial charge in [0.1, 0.15) is 6.73 Å². The minimum Gasteiger partial charge on any atom is -0.360 e. The zero-order valence-corrected chi connectivity index (χ0v) is 13.5. The molecule has 0 radical (unpaired) electrons. The topological polar surface area (TPSA) is 62.6 Å². The molecule has 0 N–H and O–H groups in total. The molecular formula is C13H22N2O4Si. The molecular weight excluding hydrogens is 276 g/mol. The monoisotopic (exact) mass is 298 g/mol. The first-order valence-electron chi connectivity index (χ1n) is 6.42. The van der Waals surface area contributed by atoms with Gasteiger partial charge in [0.05, 0.1) is 12.4 Å². The van der Waals surface area contributed by atoms with Crippen molar-refractivity contribution in [2.24, 2.45) is 0 Å². The molecule has 0 aromatic carbocycles. The van der Waals surface area contributed by atoms with Crippen molar-refractivity contribution in [3.63, 3.8) is 0 Å². The highest BCUT2D eigenvalue weighted by atomic mass is 28.3. The molecule has 0 saturated carbocycles. The van der Waals surface area contributed by atoms with Crippen LogP contribution >= 0.6 is 0 Å². The molecule has 1 aromatic heterocycles. The zero-order chi connectivity index (χ0) is 15.2. The lowest BCUT2D eigenvalue weighted by Gasteiger charge is -2.15. The van der Waals surface area contributed by atoms with E-state index in [2.05, 4.69) is 36.2 Å². The number of nitrogens with zero attached hydrogens (tertiary/aromatic N) is 2. The van der Waals surface area contributed by atoms with Gasteiger partial charge >= 0.3 is 5.97 Å².